The van der Waals surface area contributed by atoms with Crippen molar-refractivity contribution in [2.24, 2.45) is 0 Å². The number of nitrogens with one attached hydrogen (secondary N) is 1. The molecule has 2 rings (SSSR count). The van der Waals surface area contributed by atoms with Gasteiger partial charge in [-0.15, -0.1) is 24.8 Å². The molecule has 0 spiro atoms. The van der Waals surface area contributed by atoms with Crippen LogP contribution in [0, 0.1) is 11.6 Å². The van der Waals surface area contributed by atoms with E-state index in [1.165, 1.54) is 0 Å². The number of halogens is 4. The molecule has 0 bridgehead atoms. The lowest BCUT2D eigenvalue weighted by atomic mass is 10.1. The lowest BCUT2D eigenvalue weighted by Gasteiger charge is -2.09. The summed E-state index contributed by atoms with van der Waals surface area (Å²) >= 11 is 0. The van der Waals surface area contributed by atoms with E-state index in [2.05, 4.69) is 10.3 Å². The maximum atomic E-state index is 13.2. The Hall–Kier alpha value is -0.450. The molecule has 1 atom stereocenters. The molecule has 2 nitrogen and oxygen atoms in total. The van der Waals surface area contributed by atoms with Crippen molar-refractivity contribution < 1.29 is 8.78 Å². The zero-order valence-electron chi connectivity index (χ0n) is 7.87. The van der Waals surface area contributed by atoms with E-state index < -0.39 is 11.6 Å². The smallest absolute Gasteiger partial charge is 0.149 e. The second kappa shape index (κ2) is 6.20. The van der Waals surface area contributed by atoms with E-state index >= 15 is 0 Å². The first kappa shape index (κ1) is 14.6. The van der Waals surface area contributed by atoms with Crippen molar-refractivity contribution in [3.05, 3.63) is 29.6 Å². The van der Waals surface area contributed by atoms with Gasteiger partial charge in [-0.1, -0.05) is 0 Å². The van der Waals surface area contributed by atoms with Crippen LogP contribution in [0.15, 0.2) is 12.3 Å². The maximum absolute atomic E-state index is 13.2. The Morgan fingerprint density at radius 2 is 2.07 bits per heavy atom. The van der Waals surface area contributed by atoms with Crippen molar-refractivity contribution in [3.63, 3.8) is 0 Å². The number of pyridine rings is 1. The average molecular weight is 257 g/mol. The molecule has 0 amide bonds. The first-order chi connectivity index (χ1) is 6.27. The van der Waals surface area contributed by atoms with E-state index in [1.807, 2.05) is 0 Å². The molecule has 1 saturated heterocycles. The molecular weight excluding hydrogens is 245 g/mol. The molecule has 0 aromatic carbocycles. The van der Waals surface area contributed by atoms with Crippen LogP contribution in [0.3, 0.4) is 0 Å². The van der Waals surface area contributed by atoms with Gasteiger partial charge in [0.15, 0.2) is 0 Å². The second-order valence-electron chi connectivity index (χ2n) is 3.17. The van der Waals surface area contributed by atoms with Crippen LogP contribution < -0.4 is 5.32 Å². The van der Waals surface area contributed by atoms with Crippen molar-refractivity contribution in [1.29, 1.82) is 0 Å². The summed E-state index contributed by atoms with van der Waals surface area (Å²) in [5.41, 5.74) is 0.332. The Labute approximate surface area is 99.3 Å². The number of hydrogen-bond donors (Lipinski definition) is 1. The highest BCUT2D eigenvalue weighted by atomic mass is 35.5. The van der Waals surface area contributed by atoms with E-state index in [1.54, 1.807) is 0 Å². The average Bonchev–Trinajstić information content (AvgIpc) is 2.56. The minimum Gasteiger partial charge on any atom is -0.309 e. The molecule has 0 unspecified atom stereocenters. The van der Waals surface area contributed by atoms with E-state index in [0.717, 1.165) is 31.6 Å². The summed E-state index contributed by atoms with van der Waals surface area (Å²) in [5, 5.41) is 3.11. The van der Waals surface area contributed by atoms with Gasteiger partial charge in [-0.25, -0.2) is 8.78 Å². The van der Waals surface area contributed by atoms with Gasteiger partial charge in [0.25, 0.3) is 0 Å². The van der Waals surface area contributed by atoms with Crippen molar-refractivity contribution in [2.75, 3.05) is 6.54 Å². The van der Waals surface area contributed by atoms with Crippen LogP contribution in [-0.2, 0) is 0 Å². The van der Waals surface area contributed by atoms with Gasteiger partial charge in [-0.2, -0.15) is 0 Å². The van der Waals surface area contributed by atoms with Crippen LogP contribution in [0.1, 0.15) is 24.6 Å². The highest BCUT2D eigenvalue weighted by Gasteiger charge is 2.20. The van der Waals surface area contributed by atoms with E-state index in [4.69, 9.17) is 0 Å². The van der Waals surface area contributed by atoms with Crippen molar-refractivity contribution in [1.82, 2.24) is 10.3 Å². The topological polar surface area (TPSA) is 24.9 Å². The van der Waals surface area contributed by atoms with Crippen LogP contribution in [0.5, 0.6) is 0 Å². The van der Waals surface area contributed by atoms with E-state index in [-0.39, 0.29) is 30.9 Å². The summed E-state index contributed by atoms with van der Waals surface area (Å²) in [6, 6.07) is 0.836. The summed E-state index contributed by atoms with van der Waals surface area (Å²) in [6.45, 7) is 0.878. The monoisotopic (exact) mass is 256 g/mol. The van der Waals surface area contributed by atoms with E-state index in [0.29, 0.717) is 5.69 Å². The zero-order chi connectivity index (χ0) is 9.26. The van der Waals surface area contributed by atoms with E-state index in [9.17, 15) is 8.78 Å². The Bertz CT molecular complexity index is 317. The third-order valence-electron chi connectivity index (χ3n) is 2.23. The molecular formula is C9H12Cl2F2N2. The molecule has 0 radical (unpaired) electrons. The molecule has 6 heteroatoms. The lowest BCUT2D eigenvalue weighted by molar-refractivity contribution is 0.520. The van der Waals surface area contributed by atoms with Crippen LogP contribution in [-0.4, -0.2) is 11.5 Å². The maximum Gasteiger partial charge on any atom is 0.149 e. The molecule has 1 aromatic heterocycles. The summed E-state index contributed by atoms with van der Waals surface area (Å²) in [4.78, 5) is 3.75. The Balaban J connectivity index is 0.000000980. The molecule has 1 aliphatic rings. The van der Waals surface area contributed by atoms with Crippen molar-refractivity contribution in [3.8, 4) is 0 Å². The van der Waals surface area contributed by atoms with Gasteiger partial charge in [0.05, 0.1) is 17.9 Å². The molecule has 2 heterocycles. The quantitative estimate of drug-likeness (QED) is 0.836. The molecule has 1 N–H and O–H groups in total. The fourth-order valence-corrected chi connectivity index (χ4v) is 1.60. The Morgan fingerprint density at radius 3 is 2.60 bits per heavy atom. The number of rotatable bonds is 1. The second-order valence-corrected chi connectivity index (χ2v) is 3.17. The Morgan fingerprint density at radius 1 is 1.33 bits per heavy atom. The third kappa shape index (κ3) is 3.26. The molecule has 1 fully saturated rings. The van der Waals surface area contributed by atoms with Crippen LogP contribution in [0.2, 0.25) is 0 Å². The summed E-state index contributed by atoms with van der Waals surface area (Å²) in [5.74, 6) is -1.18. The van der Waals surface area contributed by atoms with Crippen molar-refractivity contribution in [2.45, 2.75) is 18.9 Å². The van der Waals surface area contributed by atoms with Crippen LogP contribution in [0.25, 0.3) is 0 Å². The summed E-state index contributed by atoms with van der Waals surface area (Å²) in [7, 11) is 0. The minimum atomic E-state index is -0.626. The highest BCUT2D eigenvalue weighted by molar-refractivity contribution is 5.85. The number of aromatic nitrogens is 1. The predicted octanol–water partition coefficient (Wildman–Crippen LogP) is 2.63. The molecule has 1 aliphatic heterocycles. The molecule has 86 valence electrons. The van der Waals surface area contributed by atoms with Crippen LogP contribution >= 0.6 is 24.8 Å². The predicted molar refractivity (Wildman–Crippen MR) is 58.6 cm³/mol. The van der Waals surface area contributed by atoms with Gasteiger partial charge in [0, 0.05) is 6.07 Å². The summed E-state index contributed by atoms with van der Waals surface area (Å²) < 4.78 is 25.7. The molecule has 0 aliphatic carbocycles. The van der Waals surface area contributed by atoms with Crippen LogP contribution in [0.4, 0.5) is 8.78 Å². The van der Waals surface area contributed by atoms with Gasteiger partial charge in [-0.3, -0.25) is 4.98 Å². The largest absolute Gasteiger partial charge is 0.309 e. The fraction of sp³-hybridized carbons (Fsp3) is 0.444. The minimum absolute atomic E-state index is 0. The van der Waals surface area contributed by atoms with Gasteiger partial charge in [0.1, 0.15) is 11.6 Å². The Kier molecular flexibility index (Phi) is 6.02. The summed E-state index contributed by atoms with van der Waals surface area (Å²) in [6.07, 6.45) is 2.94. The normalized spacial score (nSPS) is 19.2. The van der Waals surface area contributed by atoms with Gasteiger partial charge in [0.2, 0.25) is 0 Å². The first-order valence-corrected chi connectivity index (χ1v) is 4.31. The molecule has 15 heavy (non-hydrogen) atoms. The van der Waals surface area contributed by atoms with Crippen molar-refractivity contribution >= 4 is 24.8 Å². The number of hydrogen-bond acceptors (Lipinski definition) is 2. The van der Waals surface area contributed by atoms with Gasteiger partial charge in [-0.05, 0) is 19.4 Å². The zero-order valence-corrected chi connectivity index (χ0v) is 9.51. The third-order valence-corrected chi connectivity index (χ3v) is 2.23. The highest BCUT2D eigenvalue weighted by Crippen LogP contribution is 2.23. The molecule has 1 aromatic rings. The standard InChI is InChI=1S/C9H10F2N2.2ClH/c10-6-4-7(11)9(13-5-6)8-2-1-3-12-8;;/h4-5,8,12H,1-3H2;2*1H/t8-;;/m0../s1. The fourth-order valence-electron chi connectivity index (χ4n) is 1.60. The first-order valence-electron chi connectivity index (χ1n) is 4.31. The lowest BCUT2D eigenvalue weighted by Crippen LogP contribution is -2.15. The van der Waals surface area contributed by atoms with Gasteiger partial charge >= 0.3 is 0 Å². The SMILES string of the molecule is Cl.Cl.Fc1cnc([C@@H]2CCCN2)c(F)c1. The molecule has 0 saturated carbocycles. The van der Waals surface area contributed by atoms with Gasteiger partial charge < -0.3 is 5.32 Å². The number of nitrogens with zero attached hydrogens (tertiary/aromatic N) is 1.